The molecule has 2 saturated heterocycles. The molecule has 2 aromatic carbocycles. The summed E-state index contributed by atoms with van der Waals surface area (Å²) in [6.45, 7) is 4.54. The average molecular weight is 493 g/mol. The maximum atomic E-state index is 11.4. The number of hydrogen-bond donors (Lipinski definition) is 1. The molecule has 0 spiro atoms. The molecule has 0 aliphatic carbocycles. The van der Waals surface area contributed by atoms with Crippen molar-refractivity contribution in [1.82, 2.24) is 9.47 Å². The molecule has 186 valence electrons. The number of rotatable bonds is 10. The summed E-state index contributed by atoms with van der Waals surface area (Å²) in [7, 11) is 0. The summed E-state index contributed by atoms with van der Waals surface area (Å²) >= 11 is 2.17. The molecule has 1 atom stereocenters. The number of carbonyl (C=O) groups is 1. The Bertz CT molecular complexity index is 1130. The van der Waals surface area contributed by atoms with Crippen LogP contribution >= 0.6 is 11.8 Å². The number of aryl methyl sites for hydroxylation is 1. The Kier molecular flexibility index (Phi) is 7.99. The molecule has 2 aliphatic rings. The van der Waals surface area contributed by atoms with E-state index >= 15 is 0 Å². The molecule has 0 amide bonds. The number of carboxylic acid groups (broad SMARTS) is 1. The highest BCUT2D eigenvalue weighted by Gasteiger charge is 2.24. The van der Waals surface area contributed by atoms with Gasteiger partial charge in [0.25, 0.3) is 0 Å². The smallest absolute Gasteiger partial charge is 0.339 e. The Hall–Kier alpha value is -2.44. The van der Waals surface area contributed by atoms with E-state index in [0.29, 0.717) is 18.3 Å². The first-order valence-electron chi connectivity index (χ1n) is 13.1. The quantitative estimate of drug-likeness (QED) is 0.361. The minimum absolute atomic E-state index is 0.226. The van der Waals surface area contributed by atoms with Crippen molar-refractivity contribution in [3.05, 3.63) is 65.9 Å². The molecule has 2 aliphatic heterocycles. The van der Waals surface area contributed by atoms with Crippen molar-refractivity contribution in [2.24, 2.45) is 0 Å². The van der Waals surface area contributed by atoms with Crippen LogP contribution in [0.15, 0.2) is 54.7 Å². The van der Waals surface area contributed by atoms with Crippen LogP contribution in [0.25, 0.3) is 10.9 Å². The summed E-state index contributed by atoms with van der Waals surface area (Å²) in [6.07, 6.45) is 10.1. The predicted molar refractivity (Wildman–Crippen MR) is 144 cm³/mol. The number of hydrogen-bond acceptors (Lipinski definition) is 4. The van der Waals surface area contributed by atoms with E-state index < -0.39 is 5.97 Å². The second-order valence-electron chi connectivity index (χ2n) is 9.84. The van der Waals surface area contributed by atoms with Crippen molar-refractivity contribution < 1.29 is 14.6 Å². The lowest BCUT2D eigenvalue weighted by Gasteiger charge is -2.31. The molecule has 35 heavy (non-hydrogen) atoms. The van der Waals surface area contributed by atoms with E-state index in [9.17, 15) is 9.90 Å². The van der Waals surface area contributed by atoms with E-state index in [4.69, 9.17) is 4.74 Å². The number of likely N-dealkylation sites (tertiary alicyclic amines) is 1. The highest BCUT2D eigenvalue weighted by Crippen LogP contribution is 2.35. The maximum Gasteiger partial charge on any atom is 0.339 e. The highest BCUT2D eigenvalue weighted by atomic mass is 32.2. The van der Waals surface area contributed by atoms with Crippen LogP contribution in [0.4, 0.5) is 0 Å². The second-order valence-corrected chi connectivity index (χ2v) is 11.2. The summed E-state index contributed by atoms with van der Waals surface area (Å²) in [5.41, 5.74) is 3.13. The molecule has 0 saturated carbocycles. The number of para-hydroxylation sites is 2. The number of thioether (sulfide) groups is 1. The van der Waals surface area contributed by atoms with E-state index in [1.165, 1.54) is 47.9 Å². The number of ether oxygens (including phenoxy) is 1. The molecule has 1 unspecified atom stereocenters. The molecule has 2 fully saturated rings. The fraction of sp³-hybridized carbons (Fsp3) is 0.483. The standard InChI is InChI=1S/C29H36N2O3S/c32-29(33)25-10-2-4-12-28(25)34-19-18-30-16-13-22(14-17-30)26-21-31(27-11-3-1-9-24(26)27)15-5-7-23-8-6-20-35-23/h1-4,9-12,21-23H,5-8,13-20H2,(H,32,33). The van der Waals surface area contributed by atoms with Gasteiger partial charge in [-0.3, -0.25) is 4.90 Å². The molecular weight excluding hydrogens is 456 g/mol. The SMILES string of the molecule is O=C(O)c1ccccc1OCCN1CCC(c2cn(CCCC3CCCS3)c3ccccc23)CC1. The van der Waals surface area contributed by atoms with Gasteiger partial charge in [-0.25, -0.2) is 4.79 Å². The monoisotopic (exact) mass is 492 g/mol. The van der Waals surface area contributed by atoms with Gasteiger partial charge < -0.3 is 14.4 Å². The van der Waals surface area contributed by atoms with Crippen molar-refractivity contribution in [2.75, 3.05) is 32.0 Å². The molecular formula is C29H36N2O3S. The van der Waals surface area contributed by atoms with Gasteiger partial charge in [-0.2, -0.15) is 11.8 Å². The largest absolute Gasteiger partial charge is 0.491 e. The van der Waals surface area contributed by atoms with E-state index in [0.717, 1.165) is 44.3 Å². The van der Waals surface area contributed by atoms with Crippen LogP contribution in [0, 0.1) is 0 Å². The third-order valence-electron chi connectivity index (χ3n) is 7.58. The van der Waals surface area contributed by atoms with E-state index in [1.807, 2.05) is 6.07 Å². The molecule has 6 heteroatoms. The number of aromatic carboxylic acids is 1. The minimum Gasteiger partial charge on any atom is -0.491 e. The number of carboxylic acids is 1. The van der Waals surface area contributed by atoms with Gasteiger partial charge in [-0.1, -0.05) is 30.3 Å². The first-order valence-corrected chi connectivity index (χ1v) is 14.1. The Morgan fingerprint density at radius 3 is 2.63 bits per heavy atom. The lowest BCUT2D eigenvalue weighted by molar-refractivity contribution is 0.0691. The fourth-order valence-electron chi connectivity index (χ4n) is 5.67. The molecule has 3 heterocycles. The lowest BCUT2D eigenvalue weighted by Crippen LogP contribution is -2.35. The van der Waals surface area contributed by atoms with Gasteiger partial charge in [0.1, 0.15) is 17.9 Å². The number of nitrogens with zero attached hydrogens (tertiary/aromatic N) is 2. The van der Waals surface area contributed by atoms with Crippen molar-refractivity contribution in [3.63, 3.8) is 0 Å². The predicted octanol–water partition coefficient (Wildman–Crippen LogP) is 6.27. The van der Waals surface area contributed by atoms with E-state index in [-0.39, 0.29) is 5.56 Å². The topological polar surface area (TPSA) is 54.7 Å². The van der Waals surface area contributed by atoms with Gasteiger partial charge in [0, 0.05) is 35.4 Å². The van der Waals surface area contributed by atoms with Crippen LogP contribution in [0.3, 0.4) is 0 Å². The van der Waals surface area contributed by atoms with Gasteiger partial charge >= 0.3 is 5.97 Å². The number of piperidine rings is 1. The molecule has 1 aromatic heterocycles. The van der Waals surface area contributed by atoms with Gasteiger partial charge in [-0.05, 0) is 87.0 Å². The van der Waals surface area contributed by atoms with Crippen LogP contribution in [0.5, 0.6) is 5.75 Å². The van der Waals surface area contributed by atoms with Gasteiger partial charge in [0.05, 0.1) is 0 Å². The first-order chi connectivity index (χ1) is 17.2. The molecule has 5 nitrogen and oxygen atoms in total. The lowest BCUT2D eigenvalue weighted by atomic mass is 9.89. The molecule has 5 rings (SSSR count). The summed E-state index contributed by atoms with van der Waals surface area (Å²) in [4.78, 5) is 13.8. The summed E-state index contributed by atoms with van der Waals surface area (Å²) in [5.74, 6) is 1.45. The van der Waals surface area contributed by atoms with Crippen LogP contribution in [0.1, 0.15) is 60.4 Å². The molecule has 0 radical (unpaired) electrons. The Labute approximate surface area is 212 Å². The number of fused-ring (bicyclic) bond motifs is 1. The average Bonchev–Trinajstić information content (AvgIpc) is 3.53. The van der Waals surface area contributed by atoms with Crippen LogP contribution in [-0.4, -0.2) is 57.8 Å². The first kappa shape index (κ1) is 24.3. The fourth-order valence-corrected chi connectivity index (χ4v) is 7.00. The Balaban J connectivity index is 1.15. The van der Waals surface area contributed by atoms with Gasteiger partial charge in [0.15, 0.2) is 0 Å². The van der Waals surface area contributed by atoms with Crippen LogP contribution < -0.4 is 4.74 Å². The zero-order valence-corrected chi connectivity index (χ0v) is 21.2. The van der Waals surface area contributed by atoms with Crippen molar-refractivity contribution in [2.45, 2.75) is 56.2 Å². The minimum atomic E-state index is -0.946. The molecule has 3 aromatic rings. The van der Waals surface area contributed by atoms with Crippen molar-refractivity contribution in [3.8, 4) is 5.75 Å². The zero-order chi connectivity index (χ0) is 24.0. The van der Waals surface area contributed by atoms with Crippen LogP contribution in [-0.2, 0) is 6.54 Å². The van der Waals surface area contributed by atoms with Crippen molar-refractivity contribution in [1.29, 1.82) is 0 Å². The number of aromatic nitrogens is 1. The Morgan fingerprint density at radius 2 is 1.83 bits per heavy atom. The van der Waals surface area contributed by atoms with E-state index in [2.05, 4.69) is 51.7 Å². The Morgan fingerprint density at radius 1 is 1.03 bits per heavy atom. The summed E-state index contributed by atoms with van der Waals surface area (Å²) < 4.78 is 8.33. The zero-order valence-electron chi connectivity index (χ0n) is 20.4. The van der Waals surface area contributed by atoms with Crippen LogP contribution in [0.2, 0.25) is 0 Å². The third kappa shape index (κ3) is 5.87. The maximum absolute atomic E-state index is 11.4. The number of benzene rings is 2. The molecule has 1 N–H and O–H groups in total. The van der Waals surface area contributed by atoms with Crippen molar-refractivity contribution >= 4 is 28.6 Å². The molecule has 0 bridgehead atoms. The summed E-state index contributed by atoms with van der Waals surface area (Å²) in [6, 6.07) is 15.8. The highest BCUT2D eigenvalue weighted by molar-refractivity contribution is 8.00. The summed E-state index contributed by atoms with van der Waals surface area (Å²) in [5, 5.41) is 11.6. The van der Waals surface area contributed by atoms with Gasteiger partial charge in [0.2, 0.25) is 0 Å². The van der Waals surface area contributed by atoms with Gasteiger partial charge in [-0.15, -0.1) is 0 Å². The second kappa shape index (κ2) is 11.5. The van der Waals surface area contributed by atoms with E-state index in [1.54, 1.807) is 18.2 Å². The third-order valence-corrected chi connectivity index (χ3v) is 9.05. The normalized spacial score (nSPS) is 19.4.